The SMILES string of the molecule is N#Cc1ccc(NC(=O)C2c3ccccc3Oc3ccccc32)cc1Cl. The minimum atomic E-state index is -0.495. The maximum atomic E-state index is 13.1. The predicted octanol–water partition coefficient (Wildman–Crippen LogP) is 5.09. The Bertz CT molecular complexity index is 1010. The third-order valence-corrected chi connectivity index (χ3v) is 4.61. The minimum Gasteiger partial charge on any atom is -0.457 e. The van der Waals surface area contributed by atoms with Gasteiger partial charge in [-0.15, -0.1) is 0 Å². The number of benzene rings is 3. The number of hydrogen-bond acceptors (Lipinski definition) is 3. The number of carbonyl (C=O) groups is 1. The van der Waals surface area contributed by atoms with Crippen molar-refractivity contribution in [3.63, 3.8) is 0 Å². The lowest BCUT2D eigenvalue weighted by molar-refractivity contribution is -0.116. The number of rotatable bonds is 2. The number of anilines is 1. The molecule has 1 aliphatic heterocycles. The van der Waals surface area contributed by atoms with Gasteiger partial charge in [0.2, 0.25) is 5.91 Å². The number of para-hydroxylation sites is 2. The topological polar surface area (TPSA) is 62.1 Å². The number of halogens is 1. The van der Waals surface area contributed by atoms with Crippen LogP contribution in [0.25, 0.3) is 0 Å². The lowest BCUT2D eigenvalue weighted by Gasteiger charge is -2.27. The first kappa shape index (κ1) is 16.2. The molecule has 0 aromatic heterocycles. The first-order chi connectivity index (χ1) is 12.7. The number of ether oxygens (including phenoxy) is 1. The molecule has 0 bridgehead atoms. The highest BCUT2D eigenvalue weighted by Gasteiger charge is 2.32. The summed E-state index contributed by atoms with van der Waals surface area (Å²) >= 11 is 6.07. The van der Waals surface area contributed by atoms with E-state index in [1.165, 1.54) is 0 Å². The van der Waals surface area contributed by atoms with Crippen molar-refractivity contribution in [2.45, 2.75) is 5.92 Å². The molecule has 1 amide bonds. The van der Waals surface area contributed by atoms with Gasteiger partial charge in [0.05, 0.1) is 16.5 Å². The molecule has 0 unspecified atom stereocenters. The van der Waals surface area contributed by atoms with E-state index in [-0.39, 0.29) is 5.91 Å². The summed E-state index contributed by atoms with van der Waals surface area (Å²) in [7, 11) is 0. The Morgan fingerprint density at radius 1 is 1.00 bits per heavy atom. The summed E-state index contributed by atoms with van der Waals surface area (Å²) in [5, 5.41) is 12.2. The number of carbonyl (C=O) groups excluding carboxylic acids is 1. The average molecular weight is 361 g/mol. The van der Waals surface area contributed by atoms with Crippen LogP contribution < -0.4 is 10.1 Å². The summed E-state index contributed by atoms with van der Waals surface area (Å²) in [5.41, 5.74) is 2.53. The van der Waals surface area contributed by atoms with E-state index in [2.05, 4.69) is 5.32 Å². The van der Waals surface area contributed by atoms with Crippen LogP contribution in [0.15, 0.2) is 66.7 Å². The first-order valence-electron chi connectivity index (χ1n) is 8.03. The van der Waals surface area contributed by atoms with Crippen LogP contribution in [0.1, 0.15) is 22.6 Å². The Morgan fingerprint density at radius 2 is 1.62 bits per heavy atom. The molecule has 5 heteroatoms. The Morgan fingerprint density at radius 3 is 2.19 bits per heavy atom. The molecule has 0 atom stereocenters. The molecule has 3 aromatic carbocycles. The highest BCUT2D eigenvalue weighted by molar-refractivity contribution is 6.32. The van der Waals surface area contributed by atoms with Crippen LogP contribution in [-0.4, -0.2) is 5.91 Å². The van der Waals surface area contributed by atoms with Crippen LogP contribution in [0.3, 0.4) is 0 Å². The Balaban J connectivity index is 1.72. The smallest absolute Gasteiger partial charge is 0.236 e. The van der Waals surface area contributed by atoms with Gasteiger partial charge in [-0.1, -0.05) is 48.0 Å². The molecule has 0 spiro atoms. The van der Waals surface area contributed by atoms with Gasteiger partial charge in [-0.05, 0) is 30.3 Å². The van der Waals surface area contributed by atoms with Gasteiger partial charge in [0.15, 0.2) is 0 Å². The van der Waals surface area contributed by atoms with Crippen LogP contribution in [0.2, 0.25) is 5.02 Å². The quantitative estimate of drug-likeness (QED) is 0.692. The molecule has 4 rings (SSSR count). The van der Waals surface area contributed by atoms with Crippen molar-refractivity contribution in [1.82, 2.24) is 0 Å². The molecule has 1 aliphatic rings. The third kappa shape index (κ3) is 2.79. The molecule has 0 fully saturated rings. The van der Waals surface area contributed by atoms with E-state index in [9.17, 15) is 4.79 Å². The van der Waals surface area contributed by atoms with Crippen LogP contribution >= 0.6 is 11.6 Å². The number of amides is 1. The number of nitrogens with zero attached hydrogens (tertiary/aromatic N) is 1. The Hall–Kier alpha value is -3.29. The molecule has 3 aromatic rings. The van der Waals surface area contributed by atoms with E-state index in [1.807, 2.05) is 54.6 Å². The zero-order valence-corrected chi connectivity index (χ0v) is 14.3. The van der Waals surface area contributed by atoms with Crippen molar-refractivity contribution >= 4 is 23.2 Å². The second-order valence-electron chi connectivity index (χ2n) is 5.91. The molecular formula is C21H13ClN2O2. The second kappa shape index (κ2) is 6.55. The van der Waals surface area contributed by atoms with E-state index < -0.39 is 5.92 Å². The van der Waals surface area contributed by atoms with Gasteiger partial charge in [-0.3, -0.25) is 4.79 Å². The molecule has 1 N–H and O–H groups in total. The maximum absolute atomic E-state index is 13.1. The van der Waals surface area contributed by atoms with Crippen molar-refractivity contribution in [1.29, 1.82) is 5.26 Å². The molecule has 4 nitrogen and oxygen atoms in total. The standard InChI is InChI=1S/C21H13ClN2O2/c22-17-11-14(10-9-13(17)12-23)24-21(25)20-15-5-1-3-7-18(15)26-19-8-4-2-6-16(19)20/h1-11,20H,(H,24,25). The molecule has 0 saturated heterocycles. The monoisotopic (exact) mass is 360 g/mol. The van der Waals surface area contributed by atoms with Gasteiger partial charge >= 0.3 is 0 Å². The van der Waals surface area contributed by atoms with Crippen molar-refractivity contribution in [3.05, 3.63) is 88.4 Å². The van der Waals surface area contributed by atoms with Gasteiger partial charge in [-0.2, -0.15) is 5.26 Å². The summed E-state index contributed by atoms with van der Waals surface area (Å²) in [4.78, 5) is 13.1. The van der Waals surface area contributed by atoms with Gasteiger partial charge in [-0.25, -0.2) is 0 Å². The maximum Gasteiger partial charge on any atom is 0.236 e. The fraction of sp³-hybridized carbons (Fsp3) is 0.0476. The van der Waals surface area contributed by atoms with Gasteiger partial charge in [0, 0.05) is 16.8 Å². The minimum absolute atomic E-state index is 0.186. The highest BCUT2D eigenvalue weighted by atomic mass is 35.5. The summed E-state index contributed by atoms with van der Waals surface area (Å²) in [6.45, 7) is 0. The summed E-state index contributed by atoms with van der Waals surface area (Å²) < 4.78 is 5.92. The lowest BCUT2D eigenvalue weighted by Crippen LogP contribution is -2.25. The van der Waals surface area contributed by atoms with Crippen LogP contribution in [0.4, 0.5) is 5.69 Å². The second-order valence-corrected chi connectivity index (χ2v) is 6.31. The van der Waals surface area contributed by atoms with Gasteiger partial charge in [0.25, 0.3) is 0 Å². The molecule has 1 heterocycles. The molecule has 126 valence electrons. The van der Waals surface area contributed by atoms with E-state index in [0.29, 0.717) is 27.8 Å². The zero-order valence-electron chi connectivity index (χ0n) is 13.6. The first-order valence-corrected chi connectivity index (χ1v) is 8.41. The summed E-state index contributed by atoms with van der Waals surface area (Å²) in [6, 6.07) is 21.8. The van der Waals surface area contributed by atoms with E-state index in [1.54, 1.807) is 18.2 Å². The molecular weight excluding hydrogens is 348 g/mol. The number of nitriles is 1. The van der Waals surface area contributed by atoms with Crippen LogP contribution in [-0.2, 0) is 4.79 Å². The van der Waals surface area contributed by atoms with Gasteiger partial charge < -0.3 is 10.1 Å². The third-order valence-electron chi connectivity index (χ3n) is 4.30. The van der Waals surface area contributed by atoms with Crippen LogP contribution in [0.5, 0.6) is 11.5 Å². The average Bonchev–Trinajstić information content (AvgIpc) is 2.66. The largest absolute Gasteiger partial charge is 0.457 e. The Kier molecular flexibility index (Phi) is 4.08. The molecule has 26 heavy (non-hydrogen) atoms. The van der Waals surface area contributed by atoms with Crippen molar-refractivity contribution < 1.29 is 9.53 Å². The van der Waals surface area contributed by atoms with E-state index in [0.717, 1.165) is 11.1 Å². The zero-order chi connectivity index (χ0) is 18.1. The van der Waals surface area contributed by atoms with Crippen molar-refractivity contribution in [3.8, 4) is 17.6 Å². The fourth-order valence-electron chi connectivity index (χ4n) is 3.09. The highest BCUT2D eigenvalue weighted by Crippen LogP contribution is 2.44. The van der Waals surface area contributed by atoms with Crippen molar-refractivity contribution in [2.24, 2.45) is 0 Å². The molecule has 0 saturated carbocycles. The normalized spacial score (nSPS) is 12.3. The predicted molar refractivity (Wildman–Crippen MR) is 99.6 cm³/mol. The molecule has 0 radical (unpaired) electrons. The van der Waals surface area contributed by atoms with Crippen LogP contribution in [0, 0.1) is 11.3 Å². The number of hydrogen-bond donors (Lipinski definition) is 1. The van der Waals surface area contributed by atoms with E-state index >= 15 is 0 Å². The fourth-order valence-corrected chi connectivity index (χ4v) is 3.31. The summed E-state index contributed by atoms with van der Waals surface area (Å²) in [6.07, 6.45) is 0. The Labute approximate surface area is 155 Å². The number of nitrogens with one attached hydrogen (secondary N) is 1. The molecule has 0 aliphatic carbocycles. The summed E-state index contributed by atoms with van der Waals surface area (Å²) in [5.74, 6) is 0.660. The van der Waals surface area contributed by atoms with E-state index in [4.69, 9.17) is 21.6 Å². The number of fused-ring (bicyclic) bond motifs is 2. The van der Waals surface area contributed by atoms with Gasteiger partial charge in [0.1, 0.15) is 17.6 Å². The van der Waals surface area contributed by atoms with Crippen molar-refractivity contribution in [2.75, 3.05) is 5.32 Å². The lowest BCUT2D eigenvalue weighted by atomic mass is 9.87.